The minimum atomic E-state index is -0.990. The topological polar surface area (TPSA) is 71.2 Å². The molecule has 1 N–H and O–H groups in total. The summed E-state index contributed by atoms with van der Waals surface area (Å²) in [6.07, 6.45) is 2.09. The van der Waals surface area contributed by atoms with Crippen molar-refractivity contribution < 1.29 is 9.90 Å². The molecule has 1 atom stereocenters. The molecule has 1 aliphatic heterocycles. The van der Waals surface area contributed by atoms with E-state index in [1.807, 2.05) is 0 Å². The maximum atomic E-state index is 11.0. The number of carbonyl (C=O) groups is 1. The molecule has 6 heteroatoms. The Morgan fingerprint density at radius 2 is 2.25 bits per heavy atom. The van der Waals surface area contributed by atoms with Crippen LogP contribution in [-0.2, 0) is 7.05 Å². The summed E-state index contributed by atoms with van der Waals surface area (Å²) in [5.74, 6) is -0.763. The molecule has 1 fully saturated rings. The second-order valence-electron chi connectivity index (χ2n) is 4.35. The first-order chi connectivity index (χ1) is 7.59. The summed E-state index contributed by atoms with van der Waals surface area (Å²) in [7, 11) is 3.81. The molecule has 1 aromatic heterocycles. The number of aryl methyl sites for hydroxylation is 1. The molecule has 2 rings (SSSR count). The molecule has 0 aromatic carbocycles. The largest absolute Gasteiger partial charge is 0.476 e. The van der Waals surface area contributed by atoms with Crippen LogP contribution in [0.25, 0.3) is 0 Å². The summed E-state index contributed by atoms with van der Waals surface area (Å²) >= 11 is 0. The number of likely N-dealkylation sites (tertiary alicyclic amines) is 1. The molecule has 16 heavy (non-hydrogen) atoms. The highest BCUT2D eigenvalue weighted by Gasteiger charge is 2.28. The predicted molar refractivity (Wildman–Crippen MR) is 57.4 cm³/mol. The Kier molecular flexibility index (Phi) is 2.91. The number of piperidine rings is 1. The lowest BCUT2D eigenvalue weighted by molar-refractivity contribution is 0.0687. The summed E-state index contributed by atoms with van der Waals surface area (Å²) in [4.78, 5) is 13.2. The number of aromatic carboxylic acids is 1. The Balaban J connectivity index is 2.31. The first kappa shape index (κ1) is 11.1. The van der Waals surface area contributed by atoms with Gasteiger partial charge in [-0.05, 0) is 26.4 Å². The van der Waals surface area contributed by atoms with E-state index in [9.17, 15) is 4.79 Å². The molecule has 1 unspecified atom stereocenters. The highest BCUT2D eigenvalue weighted by atomic mass is 16.4. The maximum absolute atomic E-state index is 11.0. The zero-order chi connectivity index (χ0) is 11.7. The Bertz CT molecular complexity index is 402. The van der Waals surface area contributed by atoms with Crippen molar-refractivity contribution in [3.8, 4) is 0 Å². The van der Waals surface area contributed by atoms with Gasteiger partial charge in [0.15, 0.2) is 5.69 Å². The van der Waals surface area contributed by atoms with Crippen LogP contribution in [-0.4, -0.2) is 51.1 Å². The zero-order valence-corrected chi connectivity index (χ0v) is 9.55. The molecule has 0 aliphatic carbocycles. The molecule has 0 spiro atoms. The van der Waals surface area contributed by atoms with Gasteiger partial charge in [-0.2, -0.15) is 0 Å². The number of nitrogens with zero attached hydrogens (tertiary/aromatic N) is 4. The standard InChI is InChI=1S/C10H16N4O2/c1-13-5-3-4-7(6-13)9-8(10(15)16)11-12-14(9)2/h7H,3-6H2,1-2H3,(H,15,16). The van der Waals surface area contributed by atoms with Crippen LogP contribution in [0.15, 0.2) is 0 Å². The summed E-state index contributed by atoms with van der Waals surface area (Å²) in [6, 6.07) is 0. The van der Waals surface area contributed by atoms with Crippen molar-refractivity contribution in [1.82, 2.24) is 19.9 Å². The average Bonchev–Trinajstić information content (AvgIpc) is 2.60. The van der Waals surface area contributed by atoms with Gasteiger partial charge in [0.05, 0.1) is 5.69 Å². The second kappa shape index (κ2) is 4.21. The highest BCUT2D eigenvalue weighted by Crippen LogP contribution is 2.27. The molecule has 2 heterocycles. The van der Waals surface area contributed by atoms with Crippen molar-refractivity contribution in [3.63, 3.8) is 0 Å². The number of hydrogen-bond acceptors (Lipinski definition) is 4. The fraction of sp³-hybridized carbons (Fsp3) is 0.700. The lowest BCUT2D eigenvalue weighted by Crippen LogP contribution is -2.32. The van der Waals surface area contributed by atoms with Crippen LogP contribution in [0.1, 0.15) is 34.9 Å². The van der Waals surface area contributed by atoms with Gasteiger partial charge in [0, 0.05) is 19.5 Å². The van der Waals surface area contributed by atoms with Crippen LogP contribution in [0.5, 0.6) is 0 Å². The SMILES string of the molecule is CN1CCCC(c2c(C(=O)O)nnn2C)C1. The van der Waals surface area contributed by atoms with Gasteiger partial charge in [-0.25, -0.2) is 4.79 Å². The lowest BCUT2D eigenvalue weighted by Gasteiger charge is -2.29. The van der Waals surface area contributed by atoms with Crippen molar-refractivity contribution in [1.29, 1.82) is 0 Å². The fourth-order valence-electron chi connectivity index (χ4n) is 2.36. The fourth-order valence-corrected chi connectivity index (χ4v) is 2.36. The van der Waals surface area contributed by atoms with Crippen LogP contribution in [0.3, 0.4) is 0 Å². The molecule has 1 aromatic rings. The van der Waals surface area contributed by atoms with E-state index >= 15 is 0 Å². The summed E-state index contributed by atoms with van der Waals surface area (Å²) in [5.41, 5.74) is 0.849. The quantitative estimate of drug-likeness (QED) is 0.783. The molecule has 0 radical (unpaired) electrons. The van der Waals surface area contributed by atoms with Crippen molar-refractivity contribution in [3.05, 3.63) is 11.4 Å². The molecule has 6 nitrogen and oxygen atoms in total. The van der Waals surface area contributed by atoms with Crippen molar-refractivity contribution in [2.45, 2.75) is 18.8 Å². The molecule has 0 saturated carbocycles. The van der Waals surface area contributed by atoms with Gasteiger partial charge < -0.3 is 10.0 Å². The zero-order valence-electron chi connectivity index (χ0n) is 9.55. The average molecular weight is 224 g/mol. The second-order valence-corrected chi connectivity index (χ2v) is 4.35. The van der Waals surface area contributed by atoms with E-state index < -0.39 is 5.97 Å². The Morgan fingerprint density at radius 1 is 1.50 bits per heavy atom. The van der Waals surface area contributed by atoms with Gasteiger partial charge >= 0.3 is 5.97 Å². The first-order valence-electron chi connectivity index (χ1n) is 5.41. The third-order valence-electron chi connectivity index (χ3n) is 3.08. The number of rotatable bonds is 2. The predicted octanol–water partition coefficient (Wildman–Crippen LogP) is 0.322. The van der Waals surface area contributed by atoms with E-state index in [1.165, 1.54) is 0 Å². The Morgan fingerprint density at radius 3 is 2.88 bits per heavy atom. The molecule has 1 saturated heterocycles. The van der Waals surface area contributed by atoms with E-state index in [1.54, 1.807) is 11.7 Å². The van der Waals surface area contributed by atoms with Crippen LogP contribution in [0.4, 0.5) is 0 Å². The molecule has 0 amide bonds. The monoisotopic (exact) mass is 224 g/mol. The van der Waals surface area contributed by atoms with Crippen LogP contribution in [0, 0.1) is 0 Å². The van der Waals surface area contributed by atoms with E-state index in [4.69, 9.17) is 5.11 Å². The summed E-state index contributed by atoms with van der Waals surface area (Å²) in [6.45, 7) is 1.95. The number of hydrogen-bond donors (Lipinski definition) is 1. The third-order valence-corrected chi connectivity index (χ3v) is 3.08. The Labute approximate surface area is 93.9 Å². The van der Waals surface area contributed by atoms with Crippen molar-refractivity contribution in [2.24, 2.45) is 7.05 Å². The number of likely N-dealkylation sites (N-methyl/N-ethyl adjacent to an activating group) is 1. The number of carboxylic acids is 1. The van der Waals surface area contributed by atoms with Crippen LogP contribution in [0.2, 0.25) is 0 Å². The lowest BCUT2D eigenvalue weighted by atomic mass is 9.93. The van der Waals surface area contributed by atoms with E-state index in [-0.39, 0.29) is 11.6 Å². The smallest absolute Gasteiger partial charge is 0.358 e. The van der Waals surface area contributed by atoms with Crippen molar-refractivity contribution in [2.75, 3.05) is 20.1 Å². The molecule has 88 valence electrons. The van der Waals surface area contributed by atoms with Crippen LogP contribution < -0.4 is 0 Å². The maximum Gasteiger partial charge on any atom is 0.358 e. The third kappa shape index (κ3) is 1.92. The van der Waals surface area contributed by atoms with E-state index in [2.05, 4.69) is 22.3 Å². The van der Waals surface area contributed by atoms with Crippen LogP contribution >= 0.6 is 0 Å². The minimum absolute atomic E-state index is 0.0998. The van der Waals surface area contributed by atoms with Crippen molar-refractivity contribution >= 4 is 5.97 Å². The van der Waals surface area contributed by atoms with Gasteiger partial charge in [-0.15, -0.1) is 5.10 Å². The summed E-state index contributed by atoms with van der Waals surface area (Å²) < 4.78 is 1.59. The molecule has 1 aliphatic rings. The number of carboxylic acid groups (broad SMARTS) is 1. The molecule has 0 bridgehead atoms. The van der Waals surface area contributed by atoms with Gasteiger partial charge in [-0.1, -0.05) is 5.21 Å². The van der Waals surface area contributed by atoms with Gasteiger partial charge in [0.2, 0.25) is 0 Å². The molecular formula is C10H16N4O2. The van der Waals surface area contributed by atoms with Gasteiger partial charge in [0.25, 0.3) is 0 Å². The van der Waals surface area contributed by atoms with Gasteiger partial charge in [-0.3, -0.25) is 4.68 Å². The Hall–Kier alpha value is -1.43. The first-order valence-corrected chi connectivity index (χ1v) is 5.41. The van der Waals surface area contributed by atoms with Gasteiger partial charge in [0.1, 0.15) is 0 Å². The minimum Gasteiger partial charge on any atom is -0.476 e. The van der Waals surface area contributed by atoms with E-state index in [0.29, 0.717) is 0 Å². The normalized spacial score (nSPS) is 22.2. The highest BCUT2D eigenvalue weighted by molar-refractivity contribution is 5.86. The molecular weight excluding hydrogens is 208 g/mol. The summed E-state index contributed by atoms with van der Waals surface area (Å²) in [5, 5.41) is 16.6. The number of aromatic nitrogens is 3. The van der Waals surface area contributed by atoms with E-state index in [0.717, 1.165) is 31.6 Å².